The quantitative estimate of drug-likeness (QED) is 0.597. The maximum Gasteiger partial charge on any atom is 0.310 e. The summed E-state index contributed by atoms with van der Waals surface area (Å²) in [6, 6.07) is 10.7. The molecule has 2 amide bonds. The van der Waals surface area contributed by atoms with Crippen LogP contribution < -0.4 is 10.6 Å². The van der Waals surface area contributed by atoms with Gasteiger partial charge in [0, 0.05) is 36.8 Å². The van der Waals surface area contributed by atoms with Gasteiger partial charge < -0.3 is 20.3 Å². The maximum absolute atomic E-state index is 13.4. The lowest BCUT2D eigenvalue weighted by Gasteiger charge is -2.41. The molecule has 1 saturated carbocycles. The van der Waals surface area contributed by atoms with Gasteiger partial charge in [-0.1, -0.05) is 30.3 Å². The Balaban J connectivity index is 1.43. The van der Waals surface area contributed by atoms with Gasteiger partial charge in [-0.15, -0.1) is 0 Å². The first-order valence-corrected chi connectivity index (χ1v) is 12.6. The highest BCUT2D eigenvalue weighted by atomic mass is 16.5. The van der Waals surface area contributed by atoms with E-state index in [4.69, 9.17) is 4.74 Å². The van der Waals surface area contributed by atoms with Crippen molar-refractivity contribution in [2.24, 2.45) is 13.0 Å². The summed E-state index contributed by atoms with van der Waals surface area (Å²) < 4.78 is 6.64. The summed E-state index contributed by atoms with van der Waals surface area (Å²) in [6.45, 7) is 6.82. The predicted octanol–water partition coefficient (Wildman–Crippen LogP) is 2.52. The Hall–Kier alpha value is -3.20. The highest BCUT2D eigenvalue weighted by molar-refractivity contribution is 5.97. The zero-order chi connectivity index (χ0) is 26.0. The van der Waals surface area contributed by atoms with E-state index in [0.29, 0.717) is 37.2 Å². The monoisotopic (exact) mass is 495 g/mol. The molecule has 194 valence electrons. The molecule has 4 rings (SSSR count). The lowest BCUT2D eigenvalue weighted by atomic mass is 9.80. The Kier molecular flexibility index (Phi) is 7.49. The fourth-order valence-corrected chi connectivity index (χ4v) is 5.50. The van der Waals surface area contributed by atoms with Crippen LogP contribution in [0.15, 0.2) is 36.4 Å². The van der Waals surface area contributed by atoms with Crippen molar-refractivity contribution in [2.45, 2.75) is 70.1 Å². The smallest absolute Gasteiger partial charge is 0.310 e. The number of aryl methyl sites for hydroxylation is 1. The number of nitrogens with zero attached hydrogens (tertiary/aromatic N) is 3. The first kappa shape index (κ1) is 25.9. The molecular weight excluding hydrogens is 458 g/mol. The van der Waals surface area contributed by atoms with Gasteiger partial charge in [0.1, 0.15) is 11.7 Å². The zero-order valence-electron chi connectivity index (χ0n) is 21.8. The molecule has 2 aliphatic rings. The van der Waals surface area contributed by atoms with Crippen molar-refractivity contribution in [1.82, 2.24) is 25.3 Å². The number of nitrogens with one attached hydrogen (secondary N) is 2. The molecule has 2 N–H and O–H groups in total. The van der Waals surface area contributed by atoms with E-state index in [-0.39, 0.29) is 35.4 Å². The van der Waals surface area contributed by atoms with E-state index in [9.17, 15) is 14.4 Å². The number of hydrogen-bond acceptors (Lipinski definition) is 6. The molecule has 0 radical (unpaired) electrons. The van der Waals surface area contributed by atoms with Crippen LogP contribution in [0, 0.1) is 5.92 Å². The Morgan fingerprint density at radius 2 is 1.83 bits per heavy atom. The molecule has 1 aliphatic carbocycles. The van der Waals surface area contributed by atoms with Gasteiger partial charge in [-0.25, -0.2) is 0 Å². The molecule has 36 heavy (non-hydrogen) atoms. The van der Waals surface area contributed by atoms with Crippen molar-refractivity contribution < 1.29 is 19.1 Å². The number of rotatable bonds is 6. The molecule has 1 aromatic carbocycles. The Morgan fingerprint density at radius 3 is 2.50 bits per heavy atom. The van der Waals surface area contributed by atoms with Crippen LogP contribution in [0.1, 0.15) is 56.9 Å². The van der Waals surface area contributed by atoms with E-state index in [2.05, 4.69) is 36.5 Å². The van der Waals surface area contributed by atoms with E-state index in [1.807, 2.05) is 30.3 Å². The Bertz CT molecular complexity index is 1110. The topological polar surface area (TPSA) is 106 Å². The summed E-state index contributed by atoms with van der Waals surface area (Å²) in [6.07, 6.45) is 2.70. The fraction of sp³-hybridized carbons (Fsp3) is 0.556. The second-order valence-electron chi connectivity index (χ2n) is 10.9. The molecule has 9 heteroatoms. The molecule has 1 aromatic heterocycles. The molecule has 1 aliphatic heterocycles. The first-order valence-electron chi connectivity index (χ1n) is 12.6. The second-order valence-corrected chi connectivity index (χ2v) is 10.9. The van der Waals surface area contributed by atoms with Crippen LogP contribution >= 0.6 is 0 Å². The average molecular weight is 496 g/mol. The summed E-state index contributed by atoms with van der Waals surface area (Å²) in [4.78, 5) is 40.9. The number of benzene rings is 1. The van der Waals surface area contributed by atoms with Crippen molar-refractivity contribution in [3.63, 3.8) is 0 Å². The number of esters is 1. The Morgan fingerprint density at radius 1 is 1.11 bits per heavy atom. The molecule has 2 fully saturated rings. The first-order chi connectivity index (χ1) is 17.1. The molecular formula is C27H37N5O4. The summed E-state index contributed by atoms with van der Waals surface area (Å²) in [5, 5.41) is 10.9. The van der Waals surface area contributed by atoms with Crippen molar-refractivity contribution in [3.05, 3.63) is 42.1 Å². The molecule has 0 bridgehead atoms. The van der Waals surface area contributed by atoms with Gasteiger partial charge in [0.25, 0.3) is 5.91 Å². The molecule has 2 aromatic rings. The van der Waals surface area contributed by atoms with Crippen molar-refractivity contribution >= 4 is 17.8 Å². The lowest BCUT2D eigenvalue weighted by Crippen LogP contribution is -2.55. The molecule has 2 heterocycles. The molecule has 1 saturated heterocycles. The number of ether oxygens (including phenoxy) is 1. The van der Waals surface area contributed by atoms with Gasteiger partial charge in [-0.3, -0.25) is 19.1 Å². The van der Waals surface area contributed by atoms with Crippen LogP contribution in [-0.4, -0.2) is 69.8 Å². The largest absolute Gasteiger partial charge is 0.469 e. The normalized spacial score (nSPS) is 24.6. The van der Waals surface area contributed by atoms with Gasteiger partial charge in [-0.05, 0) is 52.5 Å². The third-order valence-corrected chi connectivity index (χ3v) is 7.08. The Labute approximate surface area is 212 Å². The number of methoxy groups -OCH3 is 1. The second kappa shape index (κ2) is 10.4. The summed E-state index contributed by atoms with van der Waals surface area (Å²) in [5.74, 6) is -1.17. The zero-order valence-corrected chi connectivity index (χ0v) is 21.8. The van der Waals surface area contributed by atoms with E-state index < -0.39 is 12.0 Å². The van der Waals surface area contributed by atoms with E-state index >= 15 is 0 Å². The third kappa shape index (κ3) is 5.61. The molecule has 0 spiro atoms. The van der Waals surface area contributed by atoms with Crippen molar-refractivity contribution in [2.75, 3.05) is 13.7 Å². The van der Waals surface area contributed by atoms with Crippen LogP contribution in [0.5, 0.6) is 0 Å². The van der Waals surface area contributed by atoms with Gasteiger partial charge in [0.2, 0.25) is 5.91 Å². The van der Waals surface area contributed by atoms with E-state index in [0.717, 1.165) is 12.0 Å². The average Bonchev–Trinajstić information content (AvgIpc) is 3.40. The number of carbonyl (C=O) groups excluding carboxylic acids is 3. The summed E-state index contributed by atoms with van der Waals surface area (Å²) >= 11 is 0. The van der Waals surface area contributed by atoms with Gasteiger partial charge in [0.05, 0.1) is 18.7 Å². The standard InChI is InChI=1S/C27H37N5O4/c1-27(2,3)29-18-11-12-22(19(15-18)26(35)36-5)32-14-13-20(25(32)34)28-24(33)23-16-21(30-31(23)4)17-9-7-6-8-10-17/h6-10,16,18-20,22,29H,11-15H2,1-5H3,(H,28,33)/t18?,19?,20-,22?/m0/s1. The fourth-order valence-electron chi connectivity index (χ4n) is 5.50. The summed E-state index contributed by atoms with van der Waals surface area (Å²) in [5.41, 5.74) is 1.94. The number of amides is 2. The van der Waals surface area contributed by atoms with Crippen LogP contribution in [-0.2, 0) is 21.4 Å². The van der Waals surface area contributed by atoms with Crippen LogP contribution in [0.3, 0.4) is 0 Å². The van der Waals surface area contributed by atoms with Gasteiger partial charge >= 0.3 is 5.97 Å². The number of carbonyl (C=O) groups is 3. The number of hydrogen-bond donors (Lipinski definition) is 2. The highest BCUT2D eigenvalue weighted by Gasteiger charge is 2.45. The maximum atomic E-state index is 13.4. The predicted molar refractivity (Wildman–Crippen MR) is 136 cm³/mol. The van der Waals surface area contributed by atoms with E-state index in [1.165, 1.54) is 11.8 Å². The van der Waals surface area contributed by atoms with Gasteiger partial charge in [-0.2, -0.15) is 5.10 Å². The molecule has 4 atom stereocenters. The van der Waals surface area contributed by atoms with Crippen LogP contribution in [0.2, 0.25) is 0 Å². The molecule has 9 nitrogen and oxygen atoms in total. The number of likely N-dealkylation sites (tertiary alicyclic amines) is 1. The summed E-state index contributed by atoms with van der Waals surface area (Å²) in [7, 11) is 3.11. The molecule has 3 unspecified atom stereocenters. The number of aromatic nitrogens is 2. The lowest BCUT2D eigenvalue weighted by molar-refractivity contribution is -0.151. The van der Waals surface area contributed by atoms with Crippen LogP contribution in [0.25, 0.3) is 11.3 Å². The minimum atomic E-state index is -0.628. The highest BCUT2D eigenvalue weighted by Crippen LogP contribution is 2.33. The minimum absolute atomic E-state index is 0.0663. The third-order valence-electron chi connectivity index (χ3n) is 7.08. The van der Waals surface area contributed by atoms with Gasteiger partial charge in [0.15, 0.2) is 0 Å². The SMILES string of the molecule is COC(=O)C1CC(NC(C)(C)C)CCC1N1CC[C@H](NC(=O)c2cc(-c3ccccc3)nn2C)C1=O. The van der Waals surface area contributed by atoms with E-state index in [1.54, 1.807) is 18.0 Å². The van der Waals surface area contributed by atoms with Crippen molar-refractivity contribution in [3.8, 4) is 11.3 Å². The van der Waals surface area contributed by atoms with Crippen molar-refractivity contribution in [1.29, 1.82) is 0 Å². The van der Waals surface area contributed by atoms with Crippen LogP contribution in [0.4, 0.5) is 0 Å². The minimum Gasteiger partial charge on any atom is -0.469 e.